The van der Waals surface area contributed by atoms with Gasteiger partial charge in [0.2, 0.25) is 5.91 Å². The molecule has 0 spiro atoms. The molecule has 0 saturated carbocycles. The van der Waals surface area contributed by atoms with Crippen LogP contribution in [0.15, 0.2) is 66.9 Å². The Kier molecular flexibility index (Phi) is 5.81. The van der Waals surface area contributed by atoms with Crippen molar-refractivity contribution >= 4 is 23.6 Å². The molecule has 3 aromatic rings. The van der Waals surface area contributed by atoms with E-state index in [1.165, 1.54) is 6.08 Å². The molecule has 0 N–H and O–H groups in total. The number of nitrogens with zero attached hydrogens (tertiary/aromatic N) is 4. The third-order valence-electron chi connectivity index (χ3n) is 3.83. The quantitative estimate of drug-likeness (QED) is 0.626. The molecule has 0 aliphatic heterocycles. The van der Waals surface area contributed by atoms with Crippen LogP contribution in [0.5, 0.6) is 0 Å². The highest BCUT2D eigenvalue weighted by Crippen LogP contribution is 2.12. The lowest BCUT2D eigenvalue weighted by atomic mass is 10.2. The molecule has 132 valence electrons. The number of hydrogen-bond donors (Lipinski definition) is 0. The molecule has 0 bridgehead atoms. The number of hydrogen-bond acceptors (Lipinski definition) is 3. The minimum atomic E-state index is -0.109. The summed E-state index contributed by atoms with van der Waals surface area (Å²) < 4.78 is 1.75. The van der Waals surface area contributed by atoms with E-state index in [-0.39, 0.29) is 5.91 Å². The maximum atomic E-state index is 12.3. The summed E-state index contributed by atoms with van der Waals surface area (Å²) in [4.78, 5) is 13.9. The molecule has 1 heterocycles. The predicted molar refractivity (Wildman–Crippen MR) is 103 cm³/mol. The van der Waals surface area contributed by atoms with E-state index in [1.807, 2.05) is 60.8 Å². The standard InChI is InChI=1S/C20H19ClN4O/c1-24(13-17-8-5-9-18(21)12-17)20(26)11-10-19-15-25(23-22-19)14-16-6-3-2-4-7-16/h2-12,15H,13-14H2,1H3/b11-10+. The molecule has 6 heteroatoms. The average Bonchev–Trinajstić information content (AvgIpc) is 3.08. The molecule has 0 saturated heterocycles. The number of benzene rings is 2. The molecule has 0 unspecified atom stereocenters. The molecule has 1 amide bonds. The number of halogens is 1. The van der Waals surface area contributed by atoms with Crippen molar-refractivity contribution in [2.45, 2.75) is 13.1 Å². The molecule has 0 aliphatic rings. The van der Waals surface area contributed by atoms with E-state index in [1.54, 1.807) is 22.7 Å². The first kappa shape index (κ1) is 17.9. The van der Waals surface area contributed by atoms with Gasteiger partial charge < -0.3 is 4.90 Å². The number of amides is 1. The van der Waals surface area contributed by atoms with Crippen LogP contribution in [0, 0.1) is 0 Å². The minimum Gasteiger partial charge on any atom is -0.338 e. The Balaban J connectivity index is 1.58. The molecular weight excluding hydrogens is 348 g/mol. The van der Waals surface area contributed by atoms with Crippen molar-refractivity contribution in [1.29, 1.82) is 0 Å². The Morgan fingerprint density at radius 3 is 2.69 bits per heavy atom. The maximum absolute atomic E-state index is 12.3. The van der Waals surface area contributed by atoms with E-state index in [0.717, 1.165) is 11.1 Å². The van der Waals surface area contributed by atoms with E-state index >= 15 is 0 Å². The molecule has 3 rings (SSSR count). The molecule has 0 fully saturated rings. The molecule has 5 nitrogen and oxygen atoms in total. The Bertz CT molecular complexity index is 905. The third kappa shape index (κ3) is 5.04. The fourth-order valence-corrected chi connectivity index (χ4v) is 2.72. The molecule has 0 atom stereocenters. The second-order valence-corrected chi connectivity index (χ2v) is 6.42. The van der Waals surface area contributed by atoms with Crippen molar-refractivity contribution in [2.24, 2.45) is 0 Å². The highest BCUT2D eigenvalue weighted by molar-refractivity contribution is 6.30. The first-order valence-corrected chi connectivity index (χ1v) is 8.59. The van der Waals surface area contributed by atoms with Gasteiger partial charge in [-0.2, -0.15) is 0 Å². The van der Waals surface area contributed by atoms with Crippen LogP contribution in [0.25, 0.3) is 6.08 Å². The Hall–Kier alpha value is -2.92. The van der Waals surface area contributed by atoms with Gasteiger partial charge in [0.25, 0.3) is 0 Å². The molecule has 2 aromatic carbocycles. The summed E-state index contributed by atoms with van der Waals surface area (Å²) in [7, 11) is 1.75. The Morgan fingerprint density at radius 1 is 1.15 bits per heavy atom. The van der Waals surface area contributed by atoms with Gasteiger partial charge in [-0.25, -0.2) is 4.68 Å². The zero-order valence-corrected chi connectivity index (χ0v) is 15.2. The molecule has 26 heavy (non-hydrogen) atoms. The van der Waals surface area contributed by atoms with Gasteiger partial charge in [0, 0.05) is 24.7 Å². The lowest BCUT2D eigenvalue weighted by Gasteiger charge is -2.15. The van der Waals surface area contributed by atoms with Crippen molar-refractivity contribution in [2.75, 3.05) is 7.05 Å². The number of aromatic nitrogens is 3. The fourth-order valence-electron chi connectivity index (χ4n) is 2.51. The number of rotatable bonds is 6. The van der Waals surface area contributed by atoms with Crippen LogP contribution in [0.4, 0.5) is 0 Å². The van der Waals surface area contributed by atoms with Gasteiger partial charge in [0.15, 0.2) is 0 Å². The minimum absolute atomic E-state index is 0.109. The van der Waals surface area contributed by atoms with E-state index < -0.39 is 0 Å². The second-order valence-electron chi connectivity index (χ2n) is 5.98. The van der Waals surface area contributed by atoms with E-state index in [2.05, 4.69) is 10.3 Å². The van der Waals surface area contributed by atoms with Crippen LogP contribution in [-0.4, -0.2) is 32.8 Å². The third-order valence-corrected chi connectivity index (χ3v) is 4.06. The van der Waals surface area contributed by atoms with Crippen molar-refractivity contribution in [3.8, 4) is 0 Å². The molecule has 1 aromatic heterocycles. The zero-order valence-electron chi connectivity index (χ0n) is 14.4. The fraction of sp³-hybridized carbons (Fsp3) is 0.150. The summed E-state index contributed by atoms with van der Waals surface area (Å²) >= 11 is 5.97. The number of carbonyl (C=O) groups is 1. The highest BCUT2D eigenvalue weighted by atomic mass is 35.5. The van der Waals surface area contributed by atoms with Crippen molar-refractivity contribution in [3.05, 3.63) is 88.7 Å². The Labute approximate surface area is 157 Å². The zero-order chi connectivity index (χ0) is 18.4. The number of carbonyl (C=O) groups excluding carboxylic acids is 1. The normalized spacial score (nSPS) is 11.0. The van der Waals surface area contributed by atoms with Crippen LogP contribution in [0.1, 0.15) is 16.8 Å². The monoisotopic (exact) mass is 366 g/mol. The van der Waals surface area contributed by atoms with E-state index in [9.17, 15) is 4.79 Å². The largest absolute Gasteiger partial charge is 0.338 e. The lowest BCUT2D eigenvalue weighted by Crippen LogP contribution is -2.24. The topological polar surface area (TPSA) is 51.0 Å². The first-order chi connectivity index (χ1) is 12.6. The van der Waals surface area contributed by atoms with Gasteiger partial charge >= 0.3 is 0 Å². The van der Waals surface area contributed by atoms with E-state index in [4.69, 9.17) is 11.6 Å². The summed E-state index contributed by atoms with van der Waals surface area (Å²) in [5, 5.41) is 8.83. The average molecular weight is 367 g/mol. The summed E-state index contributed by atoms with van der Waals surface area (Å²) in [5.74, 6) is -0.109. The van der Waals surface area contributed by atoms with Crippen LogP contribution in [0.2, 0.25) is 5.02 Å². The van der Waals surface area contributed by atoms with E-state index in [0.29, 0.717) is 23.8 Å². The van der Waals surface area contributed by atoms with Crippen LogP contribution >= 0.6 is 11.6 Å². The predicted octanol–water partition coefficient (Wildman–Crippen LogP) is 3.65. The first-order valence-electron chi connectivity index (χ1n) is 8.22. The van der Waals surface area contributed by atoms with Gasteiger partial charge in [0.05, 0.1) is 12.7 Å². The number of likely N-dealkylation sites (N-methyl/N-ethyl adjacent to an activating group) is 1. The van der Waals surface area contributed by atoms with Gasteiger partial charge in [-0.05, 0) is 29.3 Å². The maximum Gasteiger partial charge on any atom is 0.246 e. The van der Waals surface area contributed by atoms with Gasteiger partial charge in [0.1, 0.15) is 5.69 Å². The van der Waals surface area contributed by atoms with Gasteiger partial charge in [-0.1, -0.05) is 59.3 Å². The SMILES string of the molecule is CN(Cc1cccc(Cl)c1)C(=O)/C=C/c1cn(Cc2ccccc2)nn1. The Morgan fingerprint density at radius 2 is 1.92 bits per heavy atom. The second kappa shape index (κ2) is 8.45. The van der Waals surface area contributed by atoms with Crippen LogP contribution in [-0.2, 0) is 17.9 Å². The van der Waals surface area contributed by atoms with Crippen LogP contribution in [0.3, 0.4) is 0 Å². The van der Waals surface area contributed by atoms with Crippen LogP contribution < -0.4 is 0 Å². The van der Waals surface area contributed by atoms with Gasteiger partial charge in [-0.15, -0.1) is 5.10 Å². The summed E-state index contributed by atoms with van der Waals surface area (Å²) in [5.41, 5.74) is 2.77. The van der Waals surface area contributed by atoms with Crippen molar-refractivity contribution in [3.63, 3.8) is 0 Å². The van der Waals surface area contributed by atoms with Gasteiger partial charge in [-0.3, -0.25) is 4.79 Å². The molecule has 0 radical (unpaired) electrons. The van der Waals surface area contributed by atoms with Crippen molar-refractivity contribution in [1.82, 2.24) is 19.9 Å². The molecular formula is C20H19ClN4O. The summed E-state index contributed by atoms with van der Waals surface area (Å²) in [6.07, 6.45) is 4.99. The highest BCUT2D eigenvalue weighted by Gasteiger charge is 2.07. The van der Waals surface area contributed by atoms with Crippen molar-refractivity contribution < 1.29 is 4.79 Å². The smallest absolute Gasteiger partial charge is 0.246 e. The lowest BCUT2D eigenvalue weighted by molar-refractivity contribution is -0.125. The summed E-state index contributed by atoms with van der Waals surface area (Å²) in [6, 6.07) is 17.5. The summed E-state index contributed by atoms with van der Waals surface area (Å²) in [6.45, 7) is 1.13. The molecule has 0 aliphatic carbocycles.